The average Bonchev–Trinajstić information content (AvgIpc) is 3.17. The highest BCUT2D eigenvalue weighted by Gasteiger charge is 2.19. The van der Waals surface area contributed by atoms with Crippen LogP contribution in [-0.4, -0.2) is 30.5 Å². The van der Waals surface area contributed by atoms with E-state index in [0.29, 0.717) is 40.8 Å². The second-order valence-corrected chi connectivity index (χ2v) is 6.39. The smallest absolute Gasteiger partial charge is 0.354 e. The molecule has 146 valence electrons. The Hall–Kier alpha value is -4.00. The average molecular weight is 389 g/mol. The minimum Gasteiger partial charge on any atom is -0.464 e. The second kappa shape index (κ2) is 7.93. The van der Waals surface area contributed by atoms with Crippen molar-refractivity contribution in [2.24, 2.45) is 0 Å². The quantitative estimate of drug-likeness (QED) is 0.578. The van der Waals surface area contributed by atoms with Crippen LogP contribution in [0.5, 0.6) is 11.5 Å². The molecule has 2 aromatic carbocycles. The number of methoxy groups -OCH3 is 1. The molecule has 0 atom stereocenters. The highest BCUT2D eigenvalue weighted by Crippen LogP contribution is 2.27. The summed E-state index contributed by atoms with van der Waals surface area (Å²) in [7, 11) is 1.33. The molecule has 29 heavy (non-hydrogen) atoms. The van der Waals surface area contributed by atoms with Crippen molar-refractivity contribution < 1.29 is 19.1 Å². The van der Waals surface area contributed by atoms with Crippen LogP contribution in [0.15, 0.2) is 66.4 Å². The van der Waals surface area contributed by atoms with E-state index in [2.05, 4.69) is 15.6 Å². The van der Waals surface area contributed by atoms with Gasteiger partial charge < -0.3 is 25.1 Å². The topological polar surface area (TPSA) is 92.5 Å². The van der Waals surface area contributed by atoms with Gasteiger partial charge in [-0.1, -0.05) is 30.3 Å². The first-order valence-corrected chi connectivity index (χ1v) is 9.03. The van der Waals surface area contributed by atoms with Gasteiger partial charge >= 0.3 is 5.97 Å². The first-order chi connectivity index (χ1) is 14.1. The highest BCUT2D eigenvalue weighted by molar-refractivity contribution is 5.99. The molecule has 0 radical (unpaired) electrons. The Morgan fingerprint density at radius 1 is 1.03 bits per heavy atom. The molecule has 2 heterocycles. The first-order valence-electron chi connectivity index (χ1n) is 9.03. The van der Waals surface area contributed by atoms with Crippen molar-refractivity contribution in [3.63, 3.8) is 0 Å². The molecule has 7 nitrogen and oxygen atoms in total. The molecule has 1 amide bonds. The van der Waals surface area contributed by atoms with Gasteiger partial charge in [0.2, 0.25) is 0 Å². The normalized spacial score (nSPS) is 12.2. The molecule has 7 heteroatoms. The molecule has 1 aliphatic rings. The zero-order chi connectivity index (χ0) is 20.2. The van der Waals surface area contributed by atoms with Gasteiger partial charge in [-0.15, -0.1) is 0 Å². The lowest BCUT2D eigenvalue weighted by atomic mass is 10.1. The molecule has 0 fully saturated rings. The number of ether oxygens (including phenoxy) is 2. The van der Waals surface area contributed by atoms with Gasteiger partial charge in [0.05, 0.1) is 19.2 Å². The third-order valence-corrected chi connectivity index (χ3v) is 4.42. The van der Waals surface area contributed by atoms with E-state index in [9.17, 15) is 9.59 Å². The summed E-state index contributed by atoms with van der Waals surface area (Å²) >= 11 is 0. The van der Waals surface area contributed by atoms with Gasteiger partial charge in [0.15, 0.2) is 0 Å². The lowest BCUT2D eigenvalue weighted by Gasteiger charge is -2.17. The van der Waals surface area contributed by atoms with Crippen molar-refractivity contribution in [2.75, 3.05) is 19.0 Å². The van der Waals surface area contributed by atoms with Crippen LogP contribution in [0.3, 0.4) is 0 Å². The van der Waals surface area contributed by atoms with Gasteiger partial charge in [0, 0.05) is 11.3 Å². The van der Waals surface area contributed by atoms with Crippen molar-refractivity contribution in [2.45, 2.75) is 0 Å². The Morgan fingerprint density at radius 2 is 1.79 bits per heavy atom. The van der Waals surface area contributed by atoms with Crippen LogP contribution in [-0.2, 0) is 4.74 Å². The van der Waals surface area contributed by atoms with Crippen LogP contribution in [0.1, 0.15) is 26.4 Å². The number of para-hydroxylation sites is 2. The van der Waals surface area contributed by atoms with E-state index < -0.39 is 5.97 Å². The molecule has 0 spiro atoms. The molecule has 0 saturated heterocycles. The molecule has 0 unspecified atom stereocenters. The standard InChI is InChI=1S/C22H19N3O4/c1-28-22(27)18-12-14-11-15(13-23-20(14)25-18)24-21(26)17-9-5-6-10-19(17)29-16-7-3-2-4-8-16/h2-12,23,25H,13H2,1H3,(H,24,26). The largest absolute Gasteiger partial charge is 0.464 e. The summed E-state index contributed by atoms with van der Waals surface area (Å²) in [6.07, 6.45) is 1.81. The van der Waals surface area contributed by atoms with Gasteiger partial charge in [-0.05, 0) is 36.4 Å². The van der Waals surface area contributed by atoms with Crippen molar-refractivity contribution in [3.8, 4) is 11.5 Å². The van der Waals surface area contributed by atoms with Crippen molar-refractivity contribution >= 4 is 23.8 Å². The Balaban J connectivity index is 1.53. The van der Waals surface area contributed by atoms with Gasteiger partial charge in [0.25, 0.3) is 5.91 Å². The number of nitrogens with one attached hydrogen (secondary N) is 3. The molecule has 4 rings (SSSR count). The van der Waals surface area contributed by atoms with Crippen molar-refractivity contribution in [1.29, 1.82) is 0 Å². The Labute approximate surface area is 167 Å². The number of aromatic nitrogens is 1. The number of hydrogen-bond acceptors (Lipinski definition) is 5. The third-order valence-electron chi connectivity index (χ3n) is 4.42. The summed E-state index contributed by atoms with van der Waals surface area (Å²) < 4.78 is 10.6. The maximum atomic E-state index is 12.9. The number of anilines is 1. The number of carbonyl (C=O) groups is 2. The Kier molecular flexibility index (Phi) is 5.03. The molecule has 0 bridgehead atoms. The van der Waals surface area contributed by atoms with Crippen LogP contribution in [0.4, 0.5) is 5.82 Å². The fourth-order valence-electron chi connectivity index (χ4n) is 3.03. The maximum absolute atomic E-state index is 12.9. The number of hydrogen-bond donors (Lipinski definition) is 3. The Bertz CT molecular complexity index is 1090. The Morgan fingerprint density at radius 3 is 2.59 bits per heavy atom. The zero-order valence-electron chi connectivity index (χ0n) is 15.7. The fraction of sp³-hybridized carbons (Fsp3) is 0.0909. The third kappa shape index (κ3) is 3.98. The summed E-state index contributed by atoms with van der Waals surface area (Å²) in [4.78, 5) is 27.5. The summed E-state index contributed by atoms with van der Waals surface area (Å²) in [5.74, 6) is 1.09. The minimum absolute atomic E-state index is 0.281. The van der Waals surface area contributed by atoms with Gasteiger partial charge in [-0.3, -0.25) is 4.79 Å². The first kappa shape index (κ1) is 18.4. The number of esters is 1. The van der Waals surface area contributed by atoms with Crippen molar-refractivity contribution in [1.82, 2.24) is 10.3 Å². The monoisotopic (exact) mass is 389 g/mol. The van der Waals surface area contributed by atoms with Gasteiger partial charge in [-0.2, -0.15) is 0 Å². The molecule has 1 aromatic heterocycles. The molecule has 0 aliphatic carbocycles. The van der Waals surface area contributed by atoms with E-state index in [-0.39, 0.29) is 5.91 Å². The number of H-pyrrole nitrogens is 1. The number of benzene rings is 2. The molecule has 1 aliphatic heterocycles. The summed E-state index contributed by atoms with van der Waals surface area (Å²) in [5.41, 5.74) is 2.20. The van der Waals surface area contributed by atoms with Gasteiger partial charge in [-0.25, -0.2) is 4.79 Å². The van der Waals surface area contributed by atoms with Crippen LogP contribution in [0.2, 0.25) is 0 Å². The zero-order valence-corrected chi connectivity index (χ0v) is 15.7. The number of carbonyl (C=O) groups excluding carboxylic acids is 2. The van der Waals surface area contributed by atoms with Gasteiger partial charge in [0.1, 0.15) is 23.0 Å². The molecule has 0 saturated carbocycles. The number of rotatable bonds is 5. The lowest BCUT2D eigenvalue weighted by molar-refractivity contribution is 0.0594. The number of fused-ring (bicyclic) bond motifs is 1. The van der Waals surface area contributed by atoms with E-state index in [4.69, 9.17) is 9.47 Å². The van der Waals surface area contributed by atoms with Crippen LogP contribution in [0.25, 0.3) is 6.08 Å². The SMILES string of the molecule is COC(=O)c1cc2c([nH]1)NCC(NC(=O)c1ccccc1Oc1ccccc1)=C2. The summed E-state index contributed by atoms with van der Waals surface area (Å²) in [6, 6.07) is 18.0. The molecule has 3 N–H and O–H groups in total. The summed E-state index contributed by atoms with van der Waals surface area (Å²) in [5, 5.41) is 6.05. The van der Waals surface area contributed by atoms with E-state index in [0.717, 1.165) is 5.56 Å². The van der Waals surface area contributed by atoms with Crippen LogP contribution in [0, 0.1) is 0 Å². The second-order valence-electron chi connectivity index (χ2n) is 6.39. The van der Waals surface area contributed by atoms with Crippen LogP contribution >= 0.6 is 0 Å². The molecule has 3 aromatic rings. The van der Waals surface area contributed by atoms with E-state index in [1.165, 1.54) is 7.11 Å². The molecular weight excluding hydrogens is 370 g/mol. The predicted octanol–water partition coefficient (Wildman–Crippen LogP) is 3.79. The van der Waals surface area contributed by atoms with Crippen molar-refractivity contribution in [3.05, 3.63) is 83.2 Å². The molecular formula is C22H19N3O4. The van der Waals surface area contributed by atoms with E-state index >= 15 is 0 Å². The highest BCUT2D eigenvalue weighted by atomic mass is 16.5. The summed E-state index contributed by atoms with van der Waals surface area (Å²) in [6.45, 7) is 0.404. The van der Waals surface area contributed by atoms with E-state index in [1.807, 2.05) is 42.5 Å². The number of amides is 1. The maximum Gasteiger partial charge on any atom is 0.354 e. The van der Waals surface area contributed by atoms with E-state index in [1.54, 1.807) is 24.3 Å². The lowest BCUT2D eigenvalue weighted by Crippen LogP contribution is -2.28. The fourth-order valence-corrected chi connectivity index (χ4v) is 3.03. The predicted molar refractivity (Wildman–Crippen MR) is 109 cm³/mol. The van der Waals surface area contributed by atoms with Crippen LogP contribution < -0.4 is 15.4 Å². The minimum atomic E-state index is -0.452. The number of aromatic amines is 1.